The van der Waals surface area contributed by atoms with Gasteiger partial charge in [-0.2, -0.15) is 0 Å². The van der Waals surface area contributed by atoms with Gasteiger partial charge in [-0.15, -0.1) is 0 Å². The summed E-state index contributed by atoms with van der Waals surface area (Å²) in [5.74, 6) is -2.56. The topological polar surface area (TPSA) is 60.4 Å². The first-order valence-electron chi connectivity index (χ1n) is 5.47. The van der Waals surface area contributed by atoms with E-state index in [4.69, 9.17) is 11.6 Å². The molecule has 1 aromatic carbocycles. The van der Waals surface area contributed by atoms with Crippen LogP contribution in [0.1, 0.15) is 12.5 Å². The summed E-state index contributed by atoms with van der Waals surface area (Å²) in [5.41, 5.74) is 0.378. The quantitative estimate of drug-likeness (QED) is 0.782. The van der Waals surface area contributed by atoms with Gasteiger partial charge in [-0.25, -0.2) is 12.8 Å². The van der Waals surface area contributed by atoms with Crippen LogP contribution in [0.4, 0.5) is 4.39 Å². The molecule has 4 nitrogen and oxygen atoms in total. The molecule has 0 bridgehead atoms. The Morgan fingerprint density at radius 3 is 2.63 bits per heavy atom. The van der Waals surface area contributed by atoms with Crippen molar-refractivity contribution in [1.29, 1.82) is 0 Å². The normalized spacial score (nSPS) is 13.1. The van der Waals surface area contributed by atoms with E-state index in [0.29, 0.717) is 5.56 Å². The molecule has 0 N–H and O–H groups in total. The van der Waals surface area contributed by atoms with Crippen molar-refractivity contribution < 1.29 is 22.3 Å². The predicted octanol–water partition coefficient (Wildman–Crippen LogP) is 2.20. The smallest absolute Gasteiger partial charge is 0.309 e. The molecule has 0 aromatic heterocycles. The van der Waals surface area contributed by atoms with E-state index in [1.165, 1.54) is 26.2 Å². The third-order valence-electron chi connectivity index (χ3n) is 2.48. The number of carbonyl (C=O) groups excluding carboxylic acids is 1. The van der Waals surface area contributed by atoms with E-state index in [9.17, 15) is 17.6 Å². The maximum Gasteiger partial charge on any atom is 0.309 e. The minimum atomic E-state index is -3.50. The molecule has 1 atom stereocenters. The highest BCUT2D eigenvalue weighted by Gasteiger charge is 2.22. The molecule has 1 aromatic rings. The Bertz CT molecular complexity index is 571. The van der Waals surface area contributed by atoms with Crippen LogP contribution in [0.2, 0.25) is 5.02 Å². The summed E-state index contributed by atoms with van der Waals surface area (Å²) in [6.45, 7) is 1.47. The first kappa shape index (κ1) is 15.9. The lowest BCUT2D eigenvalue weighted by Crippen LogP contribution is -2.23. The van der Waals surface area contributed by atoms with Gasteiger partial charge >= 0.3 is 5.97 Å². The Morgan fingerprint density at radius 1 is 1.47 bits per heavy atom. The molecule has 106 valence electrons. The van der Waals surface area contributed by atoms with Crippen molar-refractivity contribution in [2.24, 2.45) is 5.92 Å². The number of benzene rings is 1. The summed E-state index contributed by atoms with van der Waals surface area (Å²) >= 11 is 5.58. The third-order valence-corrected chi connectivity index (χ3v) is 4.55. The van der Waals surface area contributed by atoms with E-state index in [1.807, 2.05) is 0 Å². The number of esters is 1. The molecule has 0 saturated carbocycles. The fraction of sp³-hybridized carbons (Fsp3) is 0.417. The van der Waals surface area contributed by atoms with Crippen molar-refractivity contribution in [3.63, 3.8) is 0 Å². The van der Waals surface area contributed by atoms with Gasteiger partial charge in [0.2, 0.25) is 0 Å². The minimum absolute atomic E-state index is 0.131. The second-order valence-electron chi connectivity index (χ2n) is 4.23. The van der Waals surface area contributed by atoms with Crippen LogP contribution >= 0.6 is 11.6 Å². The Balaban J connectivity index is 2.79. The van der Waals surface area contributed by atoms with Crippen LogP contribution in [0, 0.1) is 11.7 Å². The van der Waals surface area contributed by atoms with E-state index in [2.05, 4.69) is 4.74 Å². The molecule has 0 aliphatic carbocycles. The zero-order valence-electron chi connectivity index (χ0n) is 10.5. The average Bonchev–Trinajstić information content (AvgIpc) is 2.31. The number of hydrogen-bond acceptors (Lipinski definition) is 4. The average molecular weight is 309 g/mol. The monoisotopic (exact) mass is 308 g/mol. The lowest BCUT2D eigenvalue weighted by atomic mass is 10.2. The number of ether oxygens (including phenoxy) is 1. The minimum Gasteiger partial charge on any atom is -0.469 e. The van der Waals surface area contributed by atoms with E-state index < -0.39 is 27.5 Å². The van der Waals surface area contributed by atoms with Gasteiger partial charge < -0.3 is 4.74 Å². The van der Waals surface area contributed by atoms with E-state index in [0.717, 1.165) is 6.07 Å². The SMILES string of the molecule is COC(=O)C(C)CS(=O)(=O)Cc1ccc(F)c(Cl)c1. The fourth-order valence-corrected chi connectivity index (χ4v) is 3.50. The van der Waals surface area contributed by atoms with Gasteiger partial charge in [0.15, 0.2) is 9.84 Å². The summed E-state index contributed by atoms with van der Waals surface area (Å²) < 4.78 is 41.2. The second-order valence-corrected chi connectivity index (χ2v) is 6.74. The molecule has 0 fully saturated rings. The fourth-order valence-electron chi connectivity index (χ4n) is 1.59. The number of rotatable bonds is 5. The molecule has 1 rings (SSSR count). The number of hydrogen-bond donors (Lipinski definition) is 0. The van der Waals surface area contributed by atoms with Gasteiger partial charge in [0.25, 0.3) is 0 Å². The lowest BCUT2D eigenvalue weighted by Gasteiger charge is -2.10. The summed E-state index contributed by atoms with van der Waals surface area (Å²) in [5, 5.41) is -0.131. The van der Waals surface area contributed by atoms with E-state index in [-0.39, 0.29) is 16.5 Å². The van der Waals surface area contributed by atoms with Gasteiger partial charge in [-0.3, -0.25) is 4.79 Å². The summed E-state index contributed by atoms with van der Waals surface area (Å²) in [6.07, 6.45) is 0. The number of sulfone groups is 1. The van der Waals surface area contributed by atoms with Crippen molar-refractivity contribution >= 4 is 27.4 Å². The van der Waals surface area contributed by atoms with Crippen LogP contribution in [-0.2, 0) is 25.1 Å². The molecule has 0 saturated heterocycles. The predicted molar refractivity (Wildman–Crippen MR) is 70.1 cm³/mol. The summed E-state index contributed by atoms with van der Waals surface area (Å²) in [6, 6.07) is 3.72. The van der Waals surface area contributed by atoms with Crippen LogP contribution < -0.4 is 0 Å². The first-order chi connectivity index (χ1) is 8.75. The third kappa shape index (κ3) is 4.80. The maximum absolute atomic E-state index is 13.0. The van der Waals surface area contributed by atoms with Crippen molar-refractivity contribution in [2.75, 3.05) is 12.9 Å². The molecular formula is C12H14ClFO4S. The Morgan fingerprint density at radius 2 is 2.11 bits per heavy atom. The summed E-state index contributed by atoms with van der Waals surface area (Å²) in [7, 11) is -2.30. The highest BCUT2D eigenvalue weighted by atomic mass is 35.5. The zero-order chi connectivity index (χ0) is 14.6. The number of methoxy groups -OCH3 is 1. The van der Waals surface area contributed by atoms with Crippen molar-refractivity contribution in [3.05, 3.63) is 34.6 Å². The van der Waals surface area contributed by atoms with Crippen molar-refractivity contribution in [1.82, 2.24) is 0 Å². The molecule has 0 aliphatic heterocycles. The molecule has 1 unspecified atom stereocenters. The van der Waals surface area contributed by atoms with Crippen LogP contribution in [0.3, 0.4) is 0 Å². The molecule has 0 radical (unpaired) electrons. The Labute approximate surface area is 116 Å². The van der Waals surface area contributed by atoms with E-state index in [1.54, 1.807) is 0 Å². The molecule has 0 amide bonds. The van der Waals surface area contributed by atoms with E-state index >= 15 is 0 Å². The largest absolute Gasteiger partial charge is 0.469 e. The van der Waals surface area contributed by atoms with Gasteiger partial charge in [-0.1, -0.05) is 24.6 Å². The lowest BCUT2D eigenvalue weighted by molar-refractivity contribution is -0.144. The number of carbonyl (C=O) groups is 1. The van der Waals surface area contributed by atoms with Crippen LogP contribution in [0.5, 0.6) is 0 Å². The zero-order valence-corrected chi connectivity index (χ0v) is 12.1. The standard InChI is InChI=1S/C12H14ClFO4S/c1-8(12(15)18-2)6-19(16,17)7-9-3-4-11(14)10(13)5-9/h3-5,8H,6-7H2,1-2H3. The van der Waals surface area contributed by atoms with Crippen molar-refractivity contribution in [3.8, 4) is 0 Å². The van der Waals surface area contributed by atoms with Crippen molar-refractivity contribution in [2.45, 2.75) is 12.7 Å². The Hall–Kier alpha value is -1.14. The maximum atomic E-state index is 13.0. The molecule has 0 heterocycles. The van der Waals surface area contributed by atoms with Crippen LogP contribution in [-0.4, -0.2) is 27.2 Å². The van der Waals surface area contributed by atoms with Crippen LogP contribution in [0.25, 0.3) is 0 Å². The number of halogens is 2. The van der Waals surface area contributed by atoms with Gasteiger partial charge in [0.1, 0.15) is 5.82 Å². The van der Waals surface area contributed by atoms with Gasteiger partial charge in [0.05, 0.1) is 29.6 Å². The molecule has 7 heteroatoms. The molecule has 0 aliphatic rings. The molecular weight excluding hydrogens is 295 g/mol. The van der Waals surface area contributed by atoms with Crippen LogP contribution in [0.15, 0.2) is 18.2 Å². The first-order valence-corrected chi connectivity index (χ1v) is 7.67. The summed E-state index contributed by atoms with van der Waals surface area (Å²) in [4.78, 5) is 11.2. The Kier molecular flexibility index (Phi) is 5.31. The molecule has 19 heavy (non-hydrogen) atoms. The van der Waals surface area contributed by atoms with Gasteiger partial charge in [-0.05, 0) is 17.7 Å². The highest BCUT2D eigenvalue weighted by Crippen LogP contribution is 2.18. The molecule has 0 spiro atoms. The second kappa shape index (κ2) is 6.34. The highest BCUT2D eigenvalue weighted by molar-refractivity contribution is 7.90. The van der Waals surface area contributed by atoms with Gasteiger partial charge in [0, 0.05) is 0 Å².